The van der Waals surface area contributed by atoms with Crippen LogP contribution in [0.15, 0.2) is 23.1 Å². The normalized spacial score (nSPS) is 13.2. The van der Waals surface area contributed by atoms with Gasteiger partial charge in [0.1, 0.15) is 5.75 Å². The van der Waals surface area contributed by atoms with E-state index in [0.717, 1.165) is 0 Å². The van der Waals surface area contributed by atoms with Gasteiger partial charge in [0.05, 0.1) is 17.7 Å². The van der Waals surface area contributed by atoms with Gasteiger partial charge in [-0.1, -0.05) is 6.92 Å². The number of rotatable bonds is 7. The van der Waals surface area contributed by atoms with E-state index >= 15 is 0 Å². The molecule has 0 aliphatic rings. The Kier molecular flexibility index (Phi) is 5.59. The van der Waals surface area contributed by atoms with Crippen molar-refractivity contribution in [1.29, 1.82) is 0 Å². The molecule has 1 atom stereocenters. The number of nitrogens with one attached hydrogen (secondary N) is 1. The molecule has 1 unspecified atom stereocenters. The van der Waals surface area contributed by atoms with Gasteiger partial charge in [0, 0.05) is 18.7 Å². The minimum atomic E-state index is -3.64. The lowest BCUT2D eigenvalue weighted by atomic mass is 10.2. The van der Waals surface area contributed by atoms with Crippen LogP contribution >= 0.6 is 0 Å². The van der Waals surface area contributed by atoms with Crippen molar-refractivity contribution < 1.29 is 18.3 Å². The van der Waals surface area contributed by atoms with Gasteiger partial charge in [-0.05, 0) is 25.0 Å². The second-order valence-corrected chi connectivity index (χ2v) is 5.86. The van der Waals surface area contributed by atoms with Crippen molar-refractivity contribution in [3.63, 3.8) is 0 Å². The molecule has 0 heterocycles. The zero-order chi connectivity index (χ0) is 14.5. The van der Waals surface area contributed by atoms with Gasteiger partial charge in [-0.3, -0.25) is 0 Å². The van der Waals surface area contributed by atoms with Gasteiger partial charge in [-0.15, -0.1) is 0 Å². The molecule has 1 aromatic carbocycles. The molecule has 0 amide bonds. The molecule has 0 saturated carbocycles. The largest absolute Gasteiger partial charge is 0.495 e. The fraction of sp³-hybridized carbons (Fsp3) is 0.500. The van der Waals surface area contributed by atoms with Crippen LogP contribution in [0.3, 0.4) is 0 Å². The Balaban J connectivity index is 2.99. The molecule has 0 saturated heterocycles. The van der Waals surface area contributed by atoms with Crippen LogP contribution in [0, 0.1) is 0 Å². The fourth-order valence-electron chi connectivity index (χ4n) is 1.65. The minimum absolute atomic E-state index is 0.0634. The van der Waals surface area contributed by atoms with Crippen molar-refractivity contribution in [3.8, 4) is 5.75 Å². The van der Waals surface area contributed by atoms with Crippen molar-refractivity contribution >= 4 is 15.7 Å². The molecule has 1 aromatic rings. The number of sulfonamides is 1. The van der Waals surface area contributed by atoms with E-state index in [-0.39, 0.29) is 17.5 Å². The van der Waals surface area contributed by atoms with Crippen molar-refractivity contribution in [3.05, 3.63) is 18.2 Å². The lowest BCUT2D eigenvalue weighted by molar-refractivity contribution is 0.270. The number of ether oxygens (including phenoxy) is 1. The van der Waals surface area contributed by atoms with Crippen LogP contribution in [0.2, 0.25) is 0 Å². The SMILES string of the molecule is CCC(CCO)NS(=O)(=O)c1ccc(N)c(OC)c1. The number of aliphatic hydroxyl groups excluding tert-OH is 1. The van der Waals surface area contributed by atoms with E-state index in [9.17, 15) is 8.42 Å². The predicted octanol–water partition coefficient (Wildman–Crippen LogP) is 0.717. The fourth-order valence-corrected chi connectivity index (χ4v) is 3.02. The summed E-state index contributed by atoms with van der Waals surface area (Å²) in [5.74, 6) is 0.318. The van der Waals surface area contributed by atoms with Crippen LogP contribution < -0.4 is 15.2 Å². The van der Waals surface area contributed by atoms with Gasteiger partial charge in [0.25, 0.3) is 0 Å². The molecular formula is C12H20N2O4S. The molecule has 0 aliphatic carbocycles. The van der Waals surface area contributed by atoms with E-state index in [4.69, 9.17) is 15.6 Å². The van der Waals surface area contributed by atoms with Crippen LogP contribution in [0.5, 0.6) is 5.75 Å². The first kappa shape index (κ1) is 15.7. The lowest BCUT2D eigenvalue weighted by Gasteiger charge is -2.16. The summed E-state index contributed by atoms with van der Waals surface area (Å²) in [7, 11) is -2.21. The Morgan fingerprint density at radius 1 is 1.47 bits per heavy atom. The van der Waals surface area contributed by atoms with E-state index in [1.54, 1.807) is 0 Å². The third-order valence-corrected chi connectivity index (χ3v) is 4.33. The second kappa shape index (κ2) is 6.74. The number of methoxy groups -OCH3 is 1. The Morgan fingerprint density at radius 3 is 2.68 bits per heavy atom. The van der Waals surface area contributed by atoms with E-state index in [1.165, 1.54) is 25.3 Å². The Labute approximate surface area is 113 Å². The molecule has 1 rings (SSSR count). The van der Waals surface area contributed by atoms with Crippen molar-refractivity contribution in [2.45, 2.75) is 30.7 Å². The van der Waals surface area contributed by atoms with E-state index < -0.39 is 10.0 Å². The first-order valence-electron chi connectivity index (χ1n) is 6.01. The first-order chi connectivity index (χ1) is 8.94. The van der Waals surface area contributed by atoms with Crippen molar-refractivity contribution in [2.75, 3.05) is 19.5 Å². The van der Waals surface area contributed by atoms with Crippen molar-refractivity contribution in [1.82, 2.24) is 4.72 Å². The number of nitrogen functional groups attached to an aromatic ring is 1. The smallest absolute Gasteiger partial charge is 0.240 e. The Bertz CT molecular complexity index is 516. The molecule has 0 bridgehead atoms. The molecular weight excluding hydrogens is 268 g/mol. The lowest BCUT2D eigenvalue weighted by Crippen LogP contribution is -2.35. The molecule has 4 N–H and O–H groups in total. The average molecular weight is 288 g/mol. The predicted molar refractivity (Wildman–Crippen MR) is 73.5 cm³/mol. The van der Waals surface area contributed by atoms with Gasteiger partial charge in [-0.2, -0.15) is 0 Å². The summed E-state index contributed by atoms with van der Waals surface area (Å²) in [5.41, 5.74) is 6.02. The Hall–Kier alpha value is -1.31. The molecule has 6 nitrogen and oxygen atoms in total. The number of hydrogen-bond acceptors (Lipinski definition) is 5. The third-order valence-electron chi connectivity index (χ3n) is 2.81. The number of hydrogen-bond donors (Lipinski definition) is 3. The minimum Gasteiger partial charge on any atom is -0.495 e. The van der Waals surface area contributed by atoms with Crippen LogP contribution in [0.25, 0.3) is 0 Å². The van der Waals surface area contributed by atoms with E-state index in [2.05, 4.69) is 4.72 Å². The van der Waals surface area contributed by atoms with Gasteiger partial charge < -0.3 is 15.6 Å². The monoisotopic (exact) mass is 288 g/mol. The molecule has 7 heteroatoms. The maximum absolute atomic E-state index is 12.2. The highest BCUT2D eigenvalue weighted by Gasteiger charge is 2.19. The average Bonchev–Trinajstić information content (AvgIpc) is 2.38. The molecule has 0 aliphatic heterocycles. The van der Waals surface area contributed by atoms with Crippen molar-refractivity contribution in [2.24, 2.45) is 0 Å². The molecule has 0 spiro atoms. The zero-order valence-electron chi connectivity index (χ0n) is 11.1. The number of nitrogens with two attached hydrogens (primary N) is 1. The Morgan fingerprint density at radius 2 is 2.16 bits per heavy atom. The second-order valence-electron chi connectivity index (χ2n) is 4.14. The maximum Gasteiger partial charge on any atom is 0.240 e. The molecule has 0 fully saturated rings. The summed E-state index contributed by atoms with van der Waals surface area (Å²) in [4.78, 5) is 0.0925. The third kappa shape index (κ3) is 4.09. The number of anilines is 1. The van der Waals surface area contributed by atoms with Gasteiger partial charge in [-0.25, -0.2) is 13.1 Å². The highest BCUT2D eigenvalue weighted by atomic mass is 32.2. The molecule has 0 aromatic heterocycles. The standard InChI is InChI=1S/C12H20N2O4S/c1-3-9(6-7-15)14-19(16,17)10-4-5-11(13)12(8-10)18-2/h4-5,8-9,14-15H,3,6-7,13H2,1-2H3. The summed E-state index contributed by atoms with van der Waals surface area (Å²) >= 11 is 0. The summed E-state index contributed by atoms with van der Waals surface area (Å²) in [6, 6.07) is 3.99. The van der Waals surface area contributed by atoms with E-state index in [1.807, 2.05) is 6.92 Å². The highest BCUT2D eigenvalue weighted by molar-refractivity contribution is 7.89. The van der Waals surface area contributed by atoms with Gasteiger partial charge in [0.2, 0.25) is 10.0 Å². The van der Waals surface area contributed by atoms with E-state index in [0.29, 0.717) is 24.3 Å². The van der Waals surface area contributed by atoms with Gasteiger partial charge >= 0.3 is 0 Å². The van der Waals surface area contributed by atoms with Crippen LogP contribution in [0.4, 0.5) is 5.69 Å². The zero-order valence-corrected chi connectivity index (χ0v) is 11.9. The summed E-state index contributed by atoms with van der Waals surface area (Å²) in [6.07, 6.45) is 0.980. The highest BCUT2D eigenvalue weighted by Crippen LogP contribution is 2.24. The molecule has 0 radical (unpaired) electrons. The summed E-state index contributed by atoms with van der Waals surface area (Å²) in [5, 5.41) is 8.88. The van der Waals surface area contributed by atoms with Crippen LogP contribution in [-0.2, 0) is 10.0 Å². The molecule has 19 heavy (non-hydrogen) atoms. The maximum atomic E-state index is 12.2. The van der Waals surface area contributed by atoms with Gasteiger partial charge in [0.15, 0.2) is 0 Å². The first-order valence-corrected chi connectivity index (χ1v) is 7.49. The van der Waals surface area contributed by atoms with Crippen LogP contribution in [-0.4, -0.2) is 33.3 Å². The summed E-state index contributed by atoms with van der Waals surface area (Å²) < 4.78 is 31.9. The van der Waals surface area contributed by atoms with Crippen LogP contribution in [0.1, 0.15) is 19.8 Å². The number of aliphatic hydroxyl groups is 1. The summed E-state index contributed by atoms with van der Waals surface area (Å²) in [6.45, 7) is 1.79. The topological polar surface area (TPSA) is 102 Å². The quantitative estimate of drug-likeness (QED) is 0.642. The molecule has 108 valence electrons. The number of benzene rings is 1.